The Morgan fingerprint density at radius 1 is 1.05 bits per heavy atom. The first-order valence-electron chi connectivity index (χ1n) is 12.5. The maximum Gasteiger partial charge on any atom is 0.274 e. The zero-order valence-electron chi connectivity index (χ0n) is 21.6. The molecule has 1 atom stereocenters. The molecular weight excluding hydrogens is 506 g/mol. The van der Waals surface area contributed by atoms with E-state index in [4.69, 9.17) is 10.2 Å². The lowest BCUT2D eigenvalue weighted by atomic mass is 9.97. The number of aryl methyl sites for hydroxylation is 1. The van der Waals surface area contributed by atoms with Crippen LogP contribution in [0.3, 0.4) is 0 Å². The van der Waals surface area contributed by atoms with Crippen molar-refractivity contribution in [2.75, 3.05) is 5.73 Å². The summed E-state index contributed by atoms with van der Waals surface area (Å²) in [5.41, 5.74) is 8.93. The number of anilines is 1. The fourth-order valence-electron chi connectivity index (χ4n) is 4.62. The molecule has 0 bridgehead atoms. The van der Waals surface area contributed by atoms with Crippen molar-refractivity contribution in [1.29, 1.82) is 0 Å². The second-order valence-corrected chi connectivity index (χ2v) is 9.20. The highest BCUT2D eigenvalue weighted by Crippen LogP contribution is 2.30. The van der Waals surface area contributed by atoms with Crippen LogP contribution in [-0.4, -0.2) is 30.3 Å². The first-order valence-corrected chi connectivity index (χ1v) is 12.5. The highest BCUT2D eigenvalue weighted by atomic mass is 16.3. The van der Waals surface area contributed by atoms with E-state index < -0.39 is 11.9 Å². The average Bonchev–Trinajstić information content (AvgIpc) is 3.53. The Kier molecular flexibility index (Phi) is 6.09. The van der Waals surface area contributed by atoms with Gasteiger partial charge >= 0.3 is 0 Å². The molecule has 3 N–H and O–H groups in total. The Balaban J connectivity index is 1.48. The summed E-state index contributed by atoms with van der Waals surface area (Å²) in [7, 11) is 1.81. The standard InChI is InChI=1S/C30H23N7O3/c1-18(34-30(39)26-29(31)35-23-12-7-15-32-37(23)26)28-25(20-8-4-3-5-9-20)27(38)24-21(10-6-11-22(24)40-28)14-13-19-16-33-36(2)17-19/h3-12,15-18H,31H2,1-2H3,(H,34,39)/t18-/m1/s1. The Hall–Kier alpha value is -5.69. The quantitative estimate of drug-likeness (QED) is 0.333. The number of nitrogen functional groups attached to an aromatic ring is 1. The van der Waals surface area contributed by atoms with Gasteiger partial charge in [0, 0.05) is 25.0 Å². The van der Waals surface area contributed by atoms with Crippen LogP contribution in [0.1, 0.15) is 40.3 Å². The van der Waals surface area contributed by atoms with Crippen LogP contribution < -0.4 is 16.5 Å². The van der Waals surface area contributed by atoms with E-state index >= 15 is 0 Å². The van der Waals surface area contributed by atoms with Crippen LogP contribution >= 0.6 is 0 Å². The van der Waals surface area contributed by atoms with Crippen molar-refractivity contribution in [1.82, 2.24) is 29.7 Å². The minimum Gasteiger partial charge on any atom is -0.458 e. The number of nitrogens with two attached hydrogens (primary N) is 1. The van der Waals surface area contributed by atoms with Gasteiger partial charge in [-0.05, 0) is 36.8 Å². The molecule has 196 valence electrons. The second-order valence-electron chi connectivity index (χ2n) is 9.20. The monoisotopic (exact) mass is 529 g/mol. The lowest BCUT2D eigenvalue weighted by Crippen LogP contribution is -2.30. The average molecular weight is 530 g/mol. The number of nitrogens with zero attached hydrogens (tertiary/aromatic N) is 5. The largest absolute Gasteiger partial charge is 0.458 e. The predicted octanol–water partition coefficient (Wildman–Crippen LogP) is 3.71. The number of carbonyl (C=O) groups is 1. The number of amides is 1. The molecule has 4 aromatic heterocycles. The van der Waals surface area contributed by atoms with E-state index in [0.29, 0.717) is 39.1 Å². The SMILES string of the molecule is C[C@@H](NC(=O)c1c(N)nc2cccnn12)c1oc2cccc(C#Cc3cnn(C)c3)c2c(=O)c1-c1ccccc1. The van der Waals surface area contributed by atoms with Crippen molar-refractivity contribution in [3.8, 4) is 23.0 Å². The predicted molar refractivity (Wildman–Crippen MR) is 150 cm³/mol. The topological polar surface area (TPSA) is 133 Å². The second kappa shape index (κ2) is 9.89. The number of nitrogens with one attached hydrogen (secondary N) is 1. The third-order valence-corrected chi connectivity index (χ3v) is 6.43. The molecule has 0 aliphatic rings. The molecule has 10 heteroatoms. The third-order valence-electron chi connectivity index (χ3n) is 6.43. The Morgan fingerprint density at radius 2 is 1.88 bits per heavy atom. The van der Waals surface area contributed by atoms with E-state index in [0.717, 1.165) is 5.56 Å². The molecule has 10 nitrogen and oxygen atoms in total. The summed E-state index contributed by atoms with van der Waals surface area (Å²) in [6, 6.07) is 17.2. The number of benzene rings is 2. The molecule has 40 heavy (non-hydrogen) atoms. The van der Waals surface area contributed by atoms with Gasteiger partial charge in [0.25, 0.3) is 5.91 Å². The van der Waals surface area contributed by atoms with E-state index in [2.05, 4.69) is 32.3 Å². The van der Waals surface area contributed by atoms with E-state index in [-0.39, 0.29) is 16.9 Å². The van der Waals surface area contributed by atoms with Gasteiger partial charge in [0.2, 0.25) is 5.43 Å². The van der Waals surface area contributed by atoms with Crippen LogP contribution in [0.25, 0.3) is 27.7 Å². The Bertz CT molecular complexity index is 2030. The molecule has 0 saturated carbocycles. The van der Waals surface area contributed by atoms with E-state index in [9.17, 15) is 9.59 Å². The van der Waals surface area contributed by atoms with Gasteiger partial charge in [0.05, 0.1) is 28.8 Å². The molecule has 0 unspecified atom stereocenters. The van der Waals surface area contributed by atoms with Crippen LogP contribution in [0.4, 0.5) is 5.82 Å². The fraction of sp³-hybridized carbons (Fsp3) is 0.100. The van der Waals surface area contributed by atoms with Gasteiger partial charge < -0.3 is 15.5 Å². The number of imidazole rings is 1. The van der Waals surface area contributed by atoms with Crippen LogP contribution in [0, 0.1) is 11.8 Å². The maximum absolute atomic E-state index is 14.1. The Morgan fingerprint density at radius 3 is 2.65 bits per heavy atom. The normalized spacial score (nSPS) is 11.8. The summed E-state index contributed by atoms with van der Waals surface area (Å²) in [5, 5.41) is 11.6. The summed E-state index contributed by atoms with van der Waals surface area (Å²) in [4.78, 5) is 31.7. The Labute approximate surface area is 228 Å². The van der Waals surface area contributed by atoms with E-state index in [1.807, 2.05) is 37.4 Å². The summed E-state index contributed by atoms with van der Waals surface area (Å²) < 4.78 is 9.39. The zero-order chi connectivity index (χ0) is 27.8. The fourth-order valence-corrected chi connectivity index (χ4v) is 4.62. The van der Waals surface area contributed by atoms with Crippen molar-refractivity contribution in [2.45, 2.75) is 13.0 Å². The van der Waals surface area contributed by atoms with Crippen molar-refractivity contribution in [3.05, 3.63) is 112 Å². The van der Waals surface area contributed by atoms with E-state index in [1.54, 1.807) is 60.5 Å². The van der Waals surface area contributed by atoms with Crippen molar-refractivity contribution < 1.29 is 9.21 Å². The summed E-state index contributed by atoms with van der Waals surface area (Å²) in [6.45, 7) is 1.74. The molecule has 0 radical (unpaired) electrons. The molecule has 0 aliphatic carbocycles. The molecule has 0 fully saturated rings. The van der Waals surface area contributed by atoms with Crippen molar-refractivity contribution in [2.24, 2.45) is 7.05 Å². The van der Waals surface area contributed by atoms with Gasteiger partial charge in [0.1, 0.15) is 11.3 Å². The van der Waals surface area contributed by atoms with Gasteiger partial charge in [-0.1, -0.05) is 48.2 Å². The number of carbonyl (C=O) groups excluding carboxylic acids is 1. The molecule has 6 rings (SSSR count). The van der Waals surface area contributed by atoms with Crippen LogP contribution in [0.5, 0.6) is 0 Å². The number of hydrogen-bond acceptors (Lipinski definition) is 7. The van der Waals surface area contributed by atoms with E-state index in [1.165, 1.54) is 4.52 Å². The highest BCUT2D eigenvalue weighted by molar-refractivity contribution is 5.98. The summed E-state index contributed by atoms with van der Waals surface area (Å²) in [6.07, 6.45) is 4.99. The zero-order valence-corrected chi connectivity index (χ0v) is 21.6. The van der Waals surface area contributed by atoms with Crippen LogP contribution in [-0.2, 0) is 7.05 Å². The molecule has 1 amide bonds. The van der Waals surface area contributed by atoms with Gasteiger partial charge in [-0.3, -0.25) is 14.3 Å². The third kappa shape index (κ3) is 4.35. The highest BCUT2D eigenvalue weighted by Gasteiger charge is 2.26. The number of rotatable bonds is 4. The van der Waals surface area contributed by atoms with Crippen LogP contribution in [0.15, 0.2) is 88.5 Å². The van der Waals surface area contributed by atoms with Gasteiger partial charge in [-0.25, -0.2) is 9.50 Å². The minimum atomic E-state index is -0.710. The smallest absolute Gasteiger partial charge is 0.274 e. The molecule has 4 heterocycles. The van der Waals surface area contributed by atoms with Crippen molar-refractivity contribution >= 4 is 28.3 Å². The van der Waals surface area contributed by atoms with Crippen molar-refractivity contribution in [3.63, 3.8) is 0 Å². The van der Waals surface area contributed by atoms with Gasteiger partial charge in [0.15, 0.2) is 17.2 Å². The summed E-state index contributed by atoms with van der Waals surface area (Å²) >= 11 is 0. The molecule has 0 aliphatic heterocycles. The molecular formula is C30H23N7O3. The molecule has 6 aromatic rings. The number of fused-ring (bicyclic) bond motifs is 2. The number of aromatic nitrogens is 5. The van der Waals surface area contributed by atoms with Gasteiger partial charge in [-0.2, -0.15) is 10.2 Å². The van der Waals surface area contributed by atoms with Gasteiger partial charge in [-0.15, -0.1) is 0 Å². The lowest BCUT2D eigenvalue weighted by Gasteiger charge is -2.18. The maximum atomic E-state index is 14.1. The summed E-state index contributed by atoms with van der Waals surface area (Å²) in [5.74, 6) is 6.00. The number of hydrogen-bond donors (Lipinski definition) is 2. The minimum absolute atomic E-state index is 0.0449. The molecule has 0 saturated heterocycles. The molecule has 0 spiro atoms. The van der Waals surface area contributed by atoms with Crippen LogP contribution in [0.2, 0.25) is 0 Å². The lowest BCUT2D eigenvalue weighted by molar-refractivity contribution is 0.0929. The first-order chi connectivity index (χ1) is 19.4. The first kappa shape index (κ1) is 24.6. The molecule has 2 aromatic carbocycles.